The number of rotatable bonds is 14. The van der Waals surface area contributed by atoms with Gasteiger partial charge in [0.05, 0.1) is 34.4 Å². The highest BCUT2D eigenvalue weighted by Gasteiger charge is 2.57. The molecule has 2 fully saturated rings. The van der Waals surface area contributed by atoms with Gasteiger partial charge >= 0.3 is 29.8 Å². The van der Waals surface area contributed by atoms with Crippen molar-refractivity contribution < 1.29 is 77.2 Å². The van der Waals surface area contributed by atoms with E-state index in [1.807, 2.05) is 0 Å². The van der Waals surface area contributed by atoms with Gasteiger partial charge in [0.1, 0.15) is 31.0 Å². The van der Waals surface area contributed by atoms with E-state index in [0.717, 1.165) is 0 Å². The summed E-state index contributed by atoms with van der Waals surface area (Å²) in [7, 11) is 0. The van der Waals surface area contributed by atoms with Gasteiger partial charge in [-0.25, -0.2) is 24.0 Å². The van der Waals surface area contributed by atoms with Crippen molar-refractivity contribution >= 4 is 29.8 Å². The summed E-state index contributed by atoms with van der Waals surface area (Å²) >= 11 is 0. The molecule has 2 aliphatic heterocycles. The number of carbonyl (C=O) groups is 5. The third-order valence-corrected chi connectivity index (χ3v) is 10.1. The number of esters is 5. The summed E-state index contributed by atoms with van der Waals surface area (Å²) in [6, 6.07) is 38.7. The lowest BCUT2D eigenvalue weighted by atomic mass is 9.96. The fraction of sp³-hybridized carbons (Fsp3) is 0.255. The molecule has 10 atom stereocenters. The Morgan fingerprint density at radius 2 is 0.794 bits per heavy atom. The van der Waals surface area contributed by atoms with Crippen molar-refractivity contribution in [3.05, 3.63) is 179 Å². The Morgan fingerprint density at radius 3 is 1.21 bits per heavy atom. The summed E-state index contributed by atoms with van der Waals surface area (Å²) in [5.41, 5.74) is 0.341. The van der Waals surface area contributed by atoms with E-state index in [1.54, 1.807) is 91.0 Å². The third kappa shape index (κ3) is 10.8. The zero-order valence-electron chi connectivity index (χ0n) is 33.3. The van der Waals surface area contributed by atoms with Gasteiger partial charge in [-0.05, 0) is 60.7 Å². The highest BCUT2D eigenvalue weighted by Crippen LogP contribution is 2.35. The molecule has 2 aliphatic rings. The molecule has 63 heavy (non-hydrogen) atoms. The van der Waals surface area contributed by atoms with E-state index >= 15 is 0 Å². The zero-order valence-corrected chi connectivity index (χ0v) is 33.3. The van der Waals surface area contributed by atoms with Crippen molar-refractivity contribution in [2.45, 2.75) is 61.4 Å². The van der Waals surface area contributed by atoms with Crippen molar-refractivity contribution in [3.8, 4) is 0 Å². The highest BCUT2D eigenvalue weighted by molar-refractivity contribution is 5.92. The summed E-state index contributed by atoms with van der Waals surface area (Å²) in [4.78, 5) is 68.6. The number of hydrogen-bond acceptors (Lipinski definition) is 16. The molecule has 3 N–H and O–H groups in total. The molecule has 16 heteroatoms. The van der Waals surface area contributed by atoms with Crippen molar-refractivity contribution in [2.24, 2.45) is 0 Å². The Labute approximate surface area is 360 Å². The van der Waals surface area contributed by atoms with Crippen LogP contribution < -0.4 is 0 Å². The van der Waals surface area contributed by atoms with Gasteiger partial charge in [0, 0.05) is 0 Å². The van der Waals surface area contributed by atoms with Crippen LogP contribution in [0, 0.1) is 0 Å². The molecule has 0 saturated carbocycles. The van der Waals surface area contributed by atoms with E-state index in [9.17, 15) is 39.3 Å². The molecule has 0 amide bonds. The average molecular weight is 863 g/mol. The Kier molecular flexibility index (Phi) is 14.7. The maximum absolute atomic E-state index is 14.0. The lowest BCUT2D eigenvalue weighted by Gasteiger charge is -2.47. The van der Waals surface area contributed by atoms with Gasteiger partial charge in [-0.1, -0.05) is 91.0 Å². The molecule has 0 radical (unpaired) electrons. The fourth-order valence-corrected chi connectivity index (χ4v) is 6.90. The van der Waals surface area contributed by atoms with Gasteiger partial charge in [0.2, 0.25) is 0 Å². The minimum absolute atomic E-state index is 0.0256. The molecule has 5 aromatic carbocycles. The van der Waals surface area contributed by atoms with Crippen LogP contribution in [0.3, 0.4) is 0 Å². The van der Waals surface area contributed by atoms with Gasteiger partial charge in [0.25, 0.3) is 0 Å². The number of benzene rings is 5. The largest absolute Gasteiger partial charge is 0.459 e. The zero-order chi connectivity index (χ0) is 44.3. The first-order chi connectivity index (χ1) is 30.6. The van der Waals surface area contributed by atoms with Gasteiger partial charge in [0.15, 0.2) is 37.0 Å². The highest BCUT2D eigenvalue weighted by atomic mass is 16.8. The normalized spacial score (nSPS) is 25.4. The van der Waals surface area contributed by atoms with Crippen LogP contribution in [-0.4, -0.2) is 120 Å². The Bertz CT molecular complexity index is 2300. The van der Waals surface area contributed by atoms with Crippen LogP contribution in [-0.2, 0) is 37.9 Å². The van der Waals surface area contributed by atoms with Crippen LogP contribution in [0.1, 0.15) is 51.8 Å². The number of aliphatic hydroxyl groups excluding tert-OH is 3. The van der Waals surface area contributed by atoms with Crippen LogP contribution in [0.4, 0.5) is 0 Å². The number of carbonyl (C=O) groups excluding carboxylic acids is 5. The maximum Gasteiger partial charge on any atom is 0.338 e. The molecule has 16 nitrogen and oxygen atoms in total. The van der Waals surface area contributed by atoms with Crippen molar-refractivity contribution in [1.29, 1.82) is 0 Å². The smallest absolute Gasteiger partial charge is 0.338 e. The molecular weight excluding hydrogens is 821 g/mol. The molecule has 326 valence electrons. The van der Waals surface area contributed by atoms with Crippen LogP contribution in [0.15, 0.2) is 152 Å². The predicted molar refractivity (Wildman–Crippen MR) is 217 cm³/mol. The first-order valence-corrected chi connectivity index (χ1v) is 19.8. The molecule has 2 saturated heterocycles. The molecule has 6 unspecified atom stereocenters. The van der Waals surface area contributed by atoms with Gasteiger partial charge in [-0.3, -0.25) is 0 Å². The van der Waals surface area contributed by atoms with Crippen LogP contribution in [0.25, 0.3) is 0 Å². The minimum atomic E-state index is -2.01. The van der Waals surface area contributed by atoms with Crippen molar-refractivity contribution in [3.63, 3.8) is 0 Å². The second-order valence-corrected chi connectivity index (χ2v) is 14.3. The molecule has 7 rings (SSSR count). The number of hydrogen-bond donors (Lipinski definition) is 3. The first kappa shape index (κ1) is 44.3. The summed E-state index contributed by atoms with van der Waals surface area (Å²) in [6.07, 6.45) is -18.1. The molecule has 0 spiro atoms. The molecule has 0 aliphatic carbocycles. The van der Waals surface area contributed by atoms with E-state index in [1.165, 1.54) is 60.7 Å². The summed E-state index contributed by atoms with van der Waals surface area (Å²) < 4.78 is 47.7. The summed E-state index contributed by atoms with van der Waals surface area (Å²) in [6.45, 7) is -1.54. The number of ether oxygens (including phenoxy) is 8. The number of aliphatic hydroxyl groups is 3. The summed E-state index contributed by atoms with van der Waals surface area (Å²) in [5.74, 6) is -4.68. The van der Waals surface area contributed by atoms with Gasteiger partial charge < -0.3 is 53.2 Å². The standard InChI is InChI=1S/C47H42O16/c48-26-33-35(49)37(39(46(55)57-33)61-44(53)31-22-12-4-13-23-31)63-47-40(62-45(54)32-24-14-5-15-25-32)38(60-43(52)30-20-10-3-11-21-30)36(59-42(51)29-18-8-2-9-19-29)34(58-47)27-56-41(50)28-16-6-1-7-17-28/h1-25,33-40,46-49,55H,26-27H2/t33?,34?,35-,36-,37?,38?,39?,40?,46+,47+/m1/s1. The van der Waals surface area contributed by atoms with E-state index in [2.05, 4.69) is 0 Å². The van der Waals surface area contributed by atoms with Crippen molar-refractivity contribution in [2.75, 3.05) is 13.2 Å². The second kappa shape index (κ2) is 20.9. The lowest BCUT2D eigenvalue weighted by molar-refractivity contribution is -0.353. The molecule has 5 aromatic rings. The van der Waals surface area contributed by atoms with E-state index in [0.29, 0.717) is 0 Å². The quantitative estimate of drug-likeness (QED) is 0.106. The predicted octanol–water partition coefficient (Wildman–Crippen LogP) is 3.93. The maximum atomic E-state index is 14.0. The summed E-state index contributed by atoms with van der Waals surface area (Å²) in [5, 5.41) is 32.9. The monoisotopic (exact) mass is 862 g/mol. The Balaban J connectivity index is 1.32. The van der Waals surface area contributed by atoms with Crippen LogP contribution in [0.5, 0.6) is 0 Å². The second-order valence-electron chi connectivity index (χ2n) is 14.3. The molecule has 0 aromatic heterocycles. The molecule has 2 heterocycles. The van der Waals surface area contributed by atoms with E-state index < -0.39 is 104 Å². The topological polar surface area (TPSA) is 220 Å². The third-order valence-electron chi connectivity index (χ3n) is 10.1. The Hall–Kier alpha value is -6.79. The minimum Gasteiger partial charge on any atom is -0.459 e. The Morgan fingerprint density at radius 1 is 0.429 bits per heavy atom. The van der Waals surface area contributed by atoms with Crippen LogP contribution >= 0.6 is 0 Å². The van der Waals surface area contributed by atoms with Crippen molar-refractivity contribution in [1.82, 2.24) is 0 Å². The first-order valence-electron chi connectivity index (χ1n) is 19.8. The SMILES string of the molecule is O=C(OCC1O[C@@H](OC2C(OC(=O)c3ccccc3)[C@@H](O)OC(CO)[C@H]2O)C(OC(=O)c2ccccc2)C(OC(=O)c2ccccc2)[C@@H]1OC(=O)c1ccccc1)c1ccccc1. The van der Waals surface area contributed by atoms with Gasteiger partial charge in [-0.15, -0.1) is 0 Å². The van der Waals surface area contributed by atoms with E-state index in [4.69, 9.17) is 37.9 Å². The lowest BCUT2D eigenvalue weighted by Crippen LogP contribution is -2.66. The van der Waals surface area contributed by atoms with Crippen LogP contribution in [0.2, 0.25) is 0 Å². The molecule has 0 bridgehead atoms. The fourth-order valence-electron chi connectivity index (χ4n) is 6.90. The average Bonchev–Trinajstić information content (AvgIpc) is 3.33. The van der Waals surface area contributed by atoms with E-state index in [-0.39, 0.29) is 27.8 Å². The molecular formula is C47H42O16. The van der Waals surface area contributed by atoms with Gasteiger partial charge in [-0.2, -0.15) is 0 Å².